The maximum absolute atomic E-state index is 13.1. The van der Waals surface area contributed by atoms with Crippen molar-refractivity contribution in [2.45, 2.75) is 367 Å². The van der Waals surface area contributed by atoms with E-state index in [0.29, 0.717) is 32.1 Å². The van der Waals surface area contributed by atoms with Crippen LogP contribution >= 0.6 is 15.6 Å². The first-order valence-electron chi connectivity index (χ1n) is 39.8. The van der Waals surface area contributed by atoms with Gasteiger partial charge in [0.15, 0.2) is 12.2 Å². The van der Waals surface area contributed by atoms with E-state index in [9.17, 15) is 43.2 Å². The summed E-state index contributed by atoms with van der Waals surface area (Å²) in [7, 11) is -9.96. The van der Waals surface area contributed by atoms with Gasteiger partial charge in [0.2, 0.25) is 0 Å². The van der Waals surface area contributed by atoms with Gasteiger partial charge in [0.1, 0.15) is 19.3 Å². The lowest BCUT2D eigenvalue weighted by molar-refractivity contribution is -0.161. The third-order valence-corrected chi connectivity index (χ3v) is 18.8. The van der Waals surface area contributed by atoms with Crippen LogP contribution in [-0.4, -0.2) is 96.7 Å². The molecular weight excluding hydrogens is 1310 g/mol. The number of carbonyl (C=O) groups is 4. The Morgan fingerprint density at radius 3 is 0.860 bits per heavy atom. The van der Waals surface area contributed by atoms with Crippen LogP contribution in [0, 0.1) is 0 Å². The molecular formula is C81H144O17P2. The number of aliphatic hydroxyl groups is 1. The number of hydrogen-bond acceptors (Lipinski definition) is 15. The standard InChI is InChI=1S/C81H144O17P2/c1-5-9-13-17-21-25-29-32-35-36-37-38-41-43-47-50-54-58-62-66-79(84)92-72-77(98-81(86)68-64-60-56-52-48-44-40-34-31-27-23-19-15-11-7-3)74-96-100(89,90)94-70-75(82)69-93-99(87,88)95-73-76(97-80(85)67-63-59-55-51-45-28-24-20-16-12-8-4)71-91-78(83)65-61-57-53-49-46-42-39-33-30-26-22-18-14-10-6-2/h9,13,21,25,32-33,35,37-39,43,47,54,58,75-77,82H,5-8,10-12,14-20,22-24,26-31,34,36,40-42,44-46,48-53,55-57,59-74H2,1-4H3,(H,87,88)(H,89,90)/b13-9-,25-21-,35-32-,38-37-,39-33-,47-43-,58-54-. The molecule has 0 aliphatic carbocycles. The van der Waals surface area contributed by atoms with Gasteiger partial charge in [0.25, 0.3) is 0 Å². The quantitative estimate of drug-likeness (QED) is 0.0169. The number of phosphoric acid groups is 2. The van der Waals surface area contributed by atoms with Crippen molar-refractivity contribution in [3.05, 3.63) is 85.1 Å². The van der Waals surface area contributed by atoms with Crippen LogP contribution in [0.1, 0.15) is 349 Å². The fourth-order valence-electron chi connectivity index (χ4n) is 10.8. The molecule has 0 fully saturated rings. The molecule has 0 aromatic carbocycles. The lowest BCUT2D eigenvalue weighted by atomic mass is 10.0. The molecule has 19 heteroatoms. The minimum atomic E-state index is -4.99. The number of rotatable bonds is 75. The predicted molar refractivity (Wildman–Crippen MR) is 409 cm³/mol. The topological polar surface area (TPSA) is 237 Å². The van der Waals surface area contributed by atoms with E-state index in [1.807, 2.05) is 12.2 Å². The van der Waals surface area contributed by atoms with E-state index in [1.54, 1.807) is 0 Å². The second kappa shape index (κ2) is 73.5. The van der Waals surface area contributed by atoms with Gasteiger partial charge in [-0.25, -0.2) is 9.13 Å². The summed E-state index contributed by atoms with van der Waals surface area (Å²) in [4.78, 5) is 72.9. The summed E-state index contributed by atoms with van der Waals surface area (Å²) in [5, 5.41) is 10.6. The number of aliphatic hydroxyl groups excluding tert-OH is 1. The minimum Gasteiger partial charge on any atom is -0.462 e. The Hall–Kier alpha value is -3.76. The zero-order valence-electron chi connectivity index (χ0n) is 63.4. The number of ether oxygens (including phenoxy) is 4. The molecule has 0 aromatic heterocycles. The molecule has 580 valence electrons. The predicted octanol–water partition coefficient (Wildman–Crippen LogP) is 23.0. The lowest BCUT2D eigenvalue weighted by Crippen LogP contribution is -2.30. The number of phosphoric ester groups is 2. The number of unbranched alkanes of at least 4 members (excludes halogenated alkanes) is 35. The Morgan fingerprint density at radius 1 is 0.290 bits per heavy atom. The number of carbonyl (C=O) groups excluding carboxylic acids is 4. The van der Waals surface area contributed by atoms with Crippen LogP contribution in [-0.2, 0) is 65.4 Å². The van der Waals surface area contributed by atoms with Crippen molar-refractivity contribution in [2.24, 2.45) is 0 Å². The smallest absolute Gasteiger partial charge is 0.462 e. The van der Waals surface area contributed by atoms with Gasteiger partial charge in [-0.1, -0.05) is 318 Å². The highest BCUT2D eigenvalue weighted by atomic mass is 31.2. The Bertz CT molecular complexity index is 2230. The van der Waals surface area contributed by atoms with Crippen molar-refractivity contribution in [3.8, 4) is 0 Å². The maximum atomic E-state index is 13.1. The Morgan fingerprint density at radius 2 is 0.540 bits per heavy atom. The molecule has 0 saturated heterocycles. The van der Waals surface area contributed by atoms with Gasteiger partial charge in [-0.05, 0) is 89.9 Å². The number of esters is 4. The summed E-state index contributed by atoms with van der Waals surface area (Å²) in [5.74, 6) is -2.25. The first-order chi connectivity index (χ1) is 48.7. The van der Waals surface area contributed by atoms with Crippen LogP contribution in [0.2, 0.25) is 0 Å². The summed E-state index contributed by atoms with van der Waals surface area (Å²) in [6.07, 6.45) is 75.8. The fraction of sp³-hybridized carbons (Fsp3) is 0.778. The average Bonchev–Trinajstić information content (AvgIpc) is 0.985. The van der Waals surface area contributed by atoms with Gasteiger partial charge in [-0.2, -0.15) is 0 Å². The van der Waals surface area contributed by atoms with Gasteiger partial charge in [0.05, 0.1) is 26.4 Å². The lowest BCUT2D eigenvalue weighted by Gasteiger charge is -2.21. The van der Waals surface area contributed by atoms with Gasteiger partial charge < -0.3 is 33.8 Å². The average molecular weight is 1450 g/mol. The van der Waals surface area contributed by atoms with Crippen LogP contribution in [0.5, 0.6) is 0 Å². The maximum Gasteiger partial charge on any atom is 0.472 e. The first kappa shape index (κ1) is 96.2. The molecule has 0 rings (SSSR count). The SMILES string of the molecule is CC/C=C\C/C=C\C/C=C\C/C=C\C/C=C\C/C=C\CCC(=O)OCC(COP(=O)(O)OCC(O)COP(=O)(O)OCC(COC(=O)CCCCCCC/C=C\CCCCCCCC)OC(=O)CCCCCCCCCCCCC)OC(=O)CCCCCCCCCCCCCCCCC. The van der Waals surface area contributed by atoms with Crippen molar-refractivity contribution >= 4 is 39.5 Å². The molecule has 0 aromatic rings. The van der Waals surface area contributed by atoms with Crippen LogP contribution in [0.3, 0.4) is 0 Å². The molecule has 0 amide bonds. The van der Waals surface area contributed by atoms with Crippen LogP contribution in [0.25, 0.3) is 0 Å². The van der Waals surface area contributed by atoms with Crippen molar-refractivity contribution in [2.75, 3.05) is 39.6 Å². The molecule has 5 unspecified atom stereocenters. The molecule has 0 spiro atoms. The highest BCUT2D eigenvalue weighted by molar-refractivity contribution is 7.47. The third-order valence-electron chi connectivity index (χ3n) is 16.9. The van der Waals surface area contributed by atoms with Gasteiger partial charge in [-0.3, -0.25) is 37.3 Å². The summed E-state index contributed by atoms with van der Waals surface area (Å²) in [6.45, 7) is 4.71. The summed E-state index contributed by atoms with van der Waals surface area (Å²) < 4.78 is 68.5. The molecule has 0 aliphatic rings. The second-order valence-electron chi connectivity index (χ2n) is 26.6. The molecule has 0 bridgehead atoms. The molecule has 17 nitrogen and oxygen atoms in total. The van der Waals surface area contributed by atoms with Gasteiger partial charge in [0, 0.05) is 25.7 Å². The van der Waals surface area contributed by atoms with E-state index in [1.165, 1.54) is 141 Å². The zero-order valence-corrected chi connectivity index (χ0v) is 65.2. The summed E-state index contributed by atoms with van der Waals surface area (Å²) in [5.41, 5.74) is 0. The Balaban J connectivity index is 5.37. The Labute approximate surface area is 608 Å². The molecule has 0 aliphatic heterocycles. The van der Waals surface area contributed by atoms with E-state index in [0.717, 1.165) is 122 Å². The number of hydrogen-bond donors (Lipinski definition) is 3. The van der Waals surface area contributed by atoms with Crippen LogP contribution < -0.4 is 0 Å². The molecule has 100 heavy (non-hydrogen) atoms. The van der Waals surface area contributed by atoms with E-state index in [-0.39, 0.29) is 25.7 Å². The molecule has 0 heterocycles. The minimum absolute atomic E-state index is 0.0392. The van der Waals surface area contributed by atoms with Gasteiger partial charge in [-0.15, -0.1) is 0 Å². The second-order valence-corrected chi connectivity index (χ2v) is 29.5. The molecule has 3 N–H and O–H groups in total. The van der Waals surface area contributed by atoms with Crippen LogP contribution in [0.4, 0.5) is 0 Å². The van der Waals surface area contributed by atoms with E-state index in [2.05, 4.69) is 101 Å². The highest BCUT2D eigenvalue weighted by Gasteiger charge is 2.30. The Kier molecular flexibility index (Phi) is 70.8. The molecule has 0 radical (unpaired) electrons. The largest absolute Gasteiger partial charge is 0.472 e. The van der Waals surface area contributed by atoms with Crippen molar-refractivity contribution in [1.29, 1.82) is 0 Å². The first-order valence-corrected chi connectivity index (χ1v) is 42.8. The molecule has 5 atom stereocenters. The van der Waals surface area contributed by atoms with Gasteiger partial charge >= 0.3 is 39.5 Å². The fourth-order valence-corrected chi connectivity index (χ4v) is 12.4. The highest BCUT2D eigenvalue weighted by Crippen LogP contribution is 2.45. The normalized spacial score (nSPS) is 14.3. The third kappa shape index (κ3) is 72.6. The van der Waals surface area contributed by atoms with E-state index >= 15 is 0 Å². The zero-order chi connectivity index (χ0) is 73.2. The van der Waals surface area contributed by atoms with Crippen molar-refractivity contribution < 1.29 is 80.2 Å². The molecule has 0 saturated carbocycles. The van der Waals surface area contributed by atoms with E-state index < -0.39 is 97.5 Å². The van der Waals surface area contributed by atoms with Crippen LogP contribution in [0.15, 0.2) is 85.1 Å². The summed E-state index contributed by atoms with van der Waals surface area (Å²) >= 11 is 0. The van der Waals surface area contributed by atoms with Crippen molar-refractivity contribution in [1.82, 2.24) is 0 Å². The van der Waals surface area contributed by atoms with Crippen molar-refractivity contribution in [3.63, 3.8) is 0 Å². The van der Waals surface area contributed by atoms with E-state index in [4.69, 9.17) is 37.0 Å². The number of allylic oxidation sites excluding steroid dienone is 14. The monoisotopic (exact) mass is 1450 g/mol. The summed E-state index contributed by atoms with van der Waals surface area (Å²) in [6, 6.07) is 0.